The number of fused-ring (bicyclic) bond motifs is 5. The van der Waals surface area contributed by atoms with Gasteiger partial charge in [0, 0.05) is 17.8 Å². The number of rotatable bonds is 2. The highest BCUT2D eigenvalue weighted by molar-refractivity contribution is 5.88. The smallest absolute Gasteiger partial charge is 0.338 e. The molecule has 3 aliphatic heterocycles. The van der Waals surface area contributed by atoms with Gasteiger partial charge in [0.25, 0.3) is 0 Å². The number of ether oxygens (including phenoxy) is 2. The Labute approximate surface area is 162 Å². The normalized spacial score (nSPS) is 31.2. The van der Waals surface area contributed by atoms with Gasteiger partial charge in [-0.25, -0.2) is 4.79 Å². The number of carbonyl (C=O) groups is 2. The van der Waals surface area contributed by atoms with Gasteiger partial charge in [-0.2, -0.15) is 0 Å². The van der Waals surface area contributed by atoms with Gasteiger partial charge >= 0.3 is 5.97 Å². The summed E-state index contributed by atoms with van der Waals surface area (Å²) in [6.45, 7) is 2.28. The second-order valence-electron chi connectivity index (χ2n) is 7.90. The third-order valence-electron chi connectivity index (χ3n) is 6.63. The lowest BCUT2D eigenvalue weighted by Gasteiger charge is -2.48. The average molecular weight is 381 g/mol. The largest absolute Gasteiger partial charge is 0.497 e. The van der Waals surface area contributed by atoms with Crippen LogP contribution in [-0.4, -0.2) is 46.2 Å². The van der Waals surface area contributed by atoms with Crippen LogP contribution in [0, 0.1) is 11.8 Å². The summed E-state index contributed by atoms with van der Waals surface area (Å²) in [6.07, 6.45) is 0.738. The van der Waals surface area contributed by atoms with Gasteiger partial charge in [-0.15, -0.1) is 0 Å². The molecule has 0 radical (unpaired) electrons. The molecule has 0 saturated carbocycles. The minimum atomic E-state index is -1.61. The standard InChI is InChI=1S/C21H22N2O5/c1-3-21(26)15-8-17-18-12(6-11-7-13(27-2)4-5-16(11)22-18)9-23(17)19(24)14(15)10-28-20(21)25/h4-7,14-15,17,26H,3,8-10H2,1-2H3/t14?,15?,17?,21-/m0/s1/i2-1. The molecule has 2 fully saturated rings. The summed E-state index contributed by atoms with van der Waals surface area (Å²) in [5, 5.41) is 11.9. The molecule has 1 aromatic carbocycles. The van der Waals surface area contributed by atoms with Crippen molar-refractivity contribution in [2.75, 3.05) is 13.7 Å². The molecule has 5 rings (SSSR count). The van der Waals surface area contributed by atoms with Crippen LogP contribution in [-0.2, 0) is 20.9 Å². The van der Waals surface area contributed by atoms with Crippen LogP contribution < -0.4 is 4.74 Å². The summed E-state index contributed by atoms with van der Waals surface area (Å²) in [6, 6.07) is 7.54. The summed E-state index contributed by atoms with van der Waals surface area (Å²) in [5.41, 5.74) is 1.09. The first-order valence-corrected chi connectivity index (χ1v) is 9.64. The van der Waals surface area contributed by atoms with Gasteiger partial charge in [0.15, 0.2) is 5.60 Å². The Kier molecular flexibility index (Phi) is 3.68. The topological polar surface area (TPSA) is 89.0 Å². The molecule has 2 aromatic rings. The number of nitrogens with zero attached hydrogens (tertiary/aromatic N) is 2. The SMILES string of the molecule is CC[C@@]1(O)C(=O)OCC2C(=O)N3Cc4cc5cc(O[11CH3])ccc5nc4C3CC21. The van der Waals surface area contributed by atoms with Crippen molar-refractivity contribution in [1.82, 2.24) is 9.88 Å². The third kappa shape index (κ3) is 2.22. The number of piperidine rings is 1. The molecule has 7 heteroatoms. The van der Waals surface area contributed by atoms with Crippen LogP contribution in [0.1, 0.15) is 37.1 Å². The molecular weight excluding hydrogens is 359 g/mol. The maximum Gasteiger partial charge on any atom is 0.338 e. The van der Waals surface area contributed by atoms with Gasteiger partial charge < -0.3 is 19.5 Å². The van der Waals surface area contributed by atoms with Crippen molar-refractivity contribution in [3.63, 3.8) is 0 Å². The van der Waals surface area contributed by atoms with E-state index in [-0.39, 0.29) is 25.0 Å². The van der Waals surface area contributed by atoms with Crippen molar-refractivity contribution >= 4 is 22.8 Å². The molecule has 4 atom stereocenters. The molecule has 146 valence electrons. The number of aliphatic hydroxyl groups is 1. The number of hydrogen-bond acceptors (Lipinski definition) is 6. The van der Waals surface area contributed by atoms with E-state index in [9.17, 15) is 14.7 Å². The van der Waals surface area contributed by atoms with Crippen molar-refractivity contribution in [3.8, 4) is 5.75 Å². The number of carbonyl (C=O) groups excluding carboxylic acids is 2. The molecule has 4 heterocycles. The fourth-order valence-electron chi connectivity index (χ4n) is 5.02. The lowest BCUT2D eigenvalue weighted by molar-refractivity contribution is -0.202. The first kappa shape index (κ1) is 17.4. The van der Waals surface area contributed by atoms with Crippen LogP contribution in [0.5, 0.6) is 5.75 Å². The maximum atomic E-state index is 13.2. The first-order valence-electron chi connectivity index (χ1n) is 9.64. The lowest BCUT2D eigenvalue weighted by Crippen LogP contribution is -2.61. The average Bonchev–Trinajstić information content (AvgIpc) is 3.07. The molecule has 1 aromatic heterocycles. The summed E-state index contributed by atoms with van der Waals surface area (Å²) < 4.78 is 10.5. The molecule has 7 nitrogen and oxygen atoms in total. The number of pyridine rings is 1. The maximum absolute atomic E-state index is 13.2. The highest BCUT2D eigenvalue weighted by atomic mass is 16.6. The Morgan fingerprint density at radius 3 is 2.93 bits per heavy atom. The van der Waals surface area contributed by atoms with Gasteiger partial charge in [0.2, 0.25) is 5.91 Å². The van der Waals surface area contributed by atoms with Crippen LogP contribution in [0.3, 0.4) is 0 Å². The van der Waals surface area contributed by atoms with Gasteiger partial charge in [-0.05, 0) is 42.7 Å². The number of methoxy groups -OCH3 is 1. The van der Waals surface area contributed by atoms with Gasteiger partial charge in [-0.1, -0.05) is 6.92 Å². The number of aromatic nitrogens is 1. The summed E-state index contributed by atoms with van der Waals surface area (Å²) in [5.74, 6) is -0.875. The van der Waals surface area contributed by atoms with Crippen LogP contribution in [0.15, 0.2) is 24.3 Å². The third-order valence-corrected chi connectivity index (χ3v) is 6.63. The fraction of sp³-hybridized carbons (Fsp3) is 0.476. The van der Waals surface area contributed by atoms with Crippen LogP contribution in [0.2, 0.25) is 0 Å². The van der Waals surface area contributed by atoms with E-state index in [0.717, 1.165) is 27.9 Å². The zero-order valence-electron chi connectivity index (χ0n) is 15.8. The first-order chi connectivity index (χ1) is 13.5. The predicted molar refractivity (Wildman–Crippen MR) is 99.4 cm³/mol. The summed E-state index contributed by atoms with van der Waals surface area (Å²) >= 11 is 0. The lowest BCUT2D eigenvalue weighted by atomic mass is 9.69. The fourth-order valence-corrected chi connectivity index (χ4v) is 5.02. The highest BCUT2D eigenvalue weighted by Crippen LogP contribution is 2.50. The van der Waals surface area contributed by atoms with E-state index in [4.69, 9.17) is 14.5 Å². The van der Waals surface area contributed by atoms with Crippen molar-refractivity contribution in [3.05, 3.63) is 35.5 Å². The highest BCUT2D eigenvalue weighted by Gasteiger charge is 2.59. The minimum Gasteiger partial charge on any atom is -0.497 e. The number of amides is 1. The molecule has 2 saturated heterocycles. The number of hydrogen-bond donors (Lipinski definition) is 1. The van der Waals surface area contributed by atoms with E-state index in [0.29, 0.717) is 13.0 Å². The van der Waals surface area contributed by atoms with Crippen LogP contribution in [0.4, 0.5) is 0 Å². The molecule has 3 aliphatic rings. The van der Waals surface area contributed by atoms with E-state index in [1.54, 1.807) is 14.0 Å². The zero-order valence-corrected chi connectivity index (χ0v) is 15.8. The van der Waals surface area contributed by atoms with Crippen molar-refractivity contribution < 1.29 is 24.2 Å². The van der Waals surface area contributed by atoms with E-state index in [1.807, 2.05) is 23.1 Å². The molecule has 1 N–H and O–H groups in total. The monoisotopic (exact) mass is 381 g/mol. The van der Waals surface area contributed by atoms with Gasteiger partial charge in [-0.3, -0.25) is 9.78 Å². The second-order valence-corrected chi connectivity index (χ2v) is 7.90. The van der Waals surface area contributed by atoms with E-state index < -0.39 is 23.4 Å². The summed E-state index contributed by atoms with van der Waals surface area (Å²) in [4.78, 5) is 32.1. The molecule has 1 amide bonds. The van der Waals surface area contributed by atoms with Crippen LogP contribution in [0.25, 0.3) is 10.9 Å². The predicted octanol–water partition coefficient (Wildman–Crippen LogP) is 1.96. The Morgan fingerprint density at radius 1 is 1.36 bits per heavy atom. The van der Waals surface area contributed by atoms with Crippen molar-refractivity contribution in [1.29, 1.82) is 0 Å². The van der Waals surface area contributed by atoms with Gasteiger partial charge in [0.05, 0.1) is 30.3 Å². The van der Waals surface area contributed by atoms with E-state index in [2.05, 4.69) is 6.07 Å². The Hall–Kier alpha value is -2.67. The molecule has 0 spiro atoms. The van der Waals surface area contributed by atoms with Crippen molar-refractivity contribution in [2.45, 2.75) is 38.0 Å². The van der Waals surface area contributed by atoms with E-state index in [1.165, 1.54) is 0 Å². The van der Waals surface area contributed by atoms with Crippen LogP contribution >= 0.6 is 0 Å². The minimum absolute atomic E-state index is 0.0385. The number of benzene rings is 1. The molecule has 28 heavy (non-hydrogen) atoms. The Morgan fingerprint density at radius 2 is 2.18 bits per heavy atom. The number of cyclic esters (lactones) is 1. The molecular formula is C21H22N2O5. The number of esters is 1. The molecule has 0 bridgehead atoms. The zero-order chi connectivity index (χ0) is 19.6. The second kappa shape index (κ2) is 5.91. The Bertz CT molecular complexity index is 1010. The van der Waals surface area contributed by atoms with Crippen molar-refractivity contribution in [2.24, 2.45) is 11.8 Å². The van der Waals surface area contributed by atoms with E-state index >= 15 is 0 Å². The Balaban J connectivity index is 1.58. The summed E-state index contributed by atoms with van der Waals surface area (Å²) in [7, 11) is 1.63. The molecule has 0 aliphatic carbocycles. The van der Waals surface area contributed by atoms with Gasteiger partial charge in [0.1, 0.15) is 12.4 Å². The molecule has 3 unspecified atom stereocenters. The quantitative estimate of drug-likeness (QED) is 0.800.